The average molecular weight is 498 g/mol. The number of hydrogen-bond donors (Lipinski definition) is 1. The first-order valence-corrected chi connectivity index (χ1v) is 11.4. The number of aliphatic hydroxyl groups is 1. The van der Waals surface area contributed by atoms with Gasteiger partial charge in [-0.05, 0) is 62.7 Å². The molecule has 3 heterocycles. The molecule has 1 atom stereocenters. The third-order valence-electron chi connectivity index (χ3n) is 6.18. The monoisotopic (exact) mass is 497 g/mol. The Hall–Kier alpha value is -3.68. The molecule has 1 N–H and O–H groups in total. The van der Waals surface area contributed by atoms with Gasteiger partial charge in [0.2, 0.25) is 0 Å². The van der Waals surface area contributed by atoms with Gasteiger partial charge in [0, 0.05) is 42.3 Å². The van der Waals surface area contributed by atoms with Crippen molar-refractivity contribution in [1.29, 1.82) is 5.26 Å². The summed E-state index contributed by atoms with van der Waals surface area (Å²) in [5, 5.41) is 20.0. The lowest BCUT2D eigenvalue weighted by Gasteiger charge is -2.32. The molecule has 2 aromatic heterocycles. The van der Waals surface area contributed by atoms with Gasteiger partial charge in [-0.1, -0.05) is 0 Å². The van der Waals surface area contributed by atoms with Gasteiger partial charge in [0.1, 0.15) is 5.75 Å². The maximum absolute atomic E-state index is 13.4. The molecule has 0 amide bonds. The molecule has 1 aliphatic rings. The molecular formula is C26H26F3N5O2. The molecule has 1 aliphatic heterocycles. The fourth-order valence-electron chi connectivity index (χ4n) is 4.34. The lowest BCUT2D eigenvalue weighted by Crippen LogP contribution is -2.46. The summed E-state index contributed by atoms with van der Waals surface area (Å²) >= 11 is 0. The van der Waals surface area contributed by atoms with Crippen LogP contribution in [-0.2, 0) is 6.18 Å². The quantitative estimate of drug-likeness (QED) is 0.475. The number of rotatable bonds is 7. The van der Waals surface area contributed by atoms with Crippen LogP contribution in [-0.4, -0.2) is 51.6 Å². The van der Waals surface area contributed by atoms with Crippen molar-refractivity contribution in [2.45, 2.75) is 38.3 Å². The predicted molar refractivity (Wildman–Crippen MR) is 128 cm³/mol. The maximum Gasteiger partial charge on any atom is 0.417 e. The highest BCUT2D eigenvalue weighted by Gasteiger charge is 2.44. The molecule has 36 heavy (non-hydrogen) atoms. The van der Waals surface area contributed by atoms with Crippen molar-refractivity contribution in [2.75, 3.05) is 24.6 Å². The molecule has 7 nitrogen and oxygen atoms in total. The van der Waals surface area contributed by atoms with Crippen LogP contribution in [0.4, 0.5) is 18.9 Å². The van der Waals surface area contributed by atoms with Gasteiger partial charge in [0.05, 0.1) is 35.7 Å². The summed E-state index contributed by atoms with van der Waals surface area (Å²) in [5.74, 6) is 0.618. The molecule has 4 rings (SSSR count). The minimum atomic E-state index is -4.66. The first kappa shape index (κ1) is 25.4. The molecule has 0 aliphatic carbocycles. The zero-order valence-corrected chi connectivity index (χ0v) is 19.9. The molecule has 0 spiro atoms. The SMILES string of the molecule is CC1(C)CN(c2ccc(C#N)c(C(F)(F)F)c2)C(O)N1CCCOc1ccc(-c2ccncc2)nc1. The summed E-state index contributed by atoms with van der Waals surface area (Å²) in [6.07, 6.45) is -0.142. The summed E-state index contributed by atoms with van der Waals surface area (Å²) in [7, 11) is 0. The maximum atomic E-state index is 13.4. The average Bonchev–Trinajstić information content (AvgIpc) is 3.09. The van der Waals surface area contributed by atoms with Crippen LogP contribution in [0.15, 0.2) is 61.1 Å². The van der Waals surface area contributed by atoms with E-state index >= 15 is 0 Å². The van der Waals surface area contributed by atoms with E-state index in [1.165, 1.54) is 11.0 Å². The van der Waals surface area contributed by atoms with Gasteiger partial charge in [-0.15, -0.1) is 0 Å². The van der Waals surface area contributed by atoms with Crippen molar-refractivity contribution in [3.8, 4) is 23.1 Å². The Morgan fingerprint density at radius 2 is 1.92 bits per heavy atom. The van der Waals surface area contributed by atoms with Crippen LogP contribution in [0.3, 0.4) is 0 Å². The molecule has 1 aromatic carbocycles. The largest absolute Gasteiger partial charge is 0.492 e. The number of ether oxygens (including phenoxy) is 1. The highest BCUT2D eigenvalue weighted by Crippen LogP contribution is 2.38. The van der Waals surface area contributed by atoms with Crippen LogP contribution in [0, 0.1) is 11.3 Å². The van der Waals surface area contributed by atoms with Crippen LogP contribution in [0.25, 0.3) is 11.3 Å². The Bertz CT molecular complexity index is 1230. The van der Waals surface area contributed by atoms with E-state index in [-0.39, 0.29) is 5.69 Å². The molecule has 0 saturated carbocycles. The smallest absolute Gasteiger partial charge is 0.417 e. The van der Waals surface area contributed by atoms with E-state index in [4.69, 9.17) is 10.00 Å². The fourth-order valence-corrected chi connectivity index (χ4v) is 4.34. The number of hydrogen-bond acceptors (Lipinski definition) is 7. The normalized spacial score (nSPS) is 17.7. The lowest BCUT2D eigenvalue weighted by molar-refractivity contribution is -0.137. The first-order valence-electron chi connectivity index (χ1n) is 11.4. The number of nitriles is 1. The van der Waals surface area contributed by atoms with Gasteiger partial charge in [0.15, 0.2) is 6.35 Å². The Balaban J connectivity index is 1.37. The standard InChI is InChI=1S/C26H26F3N5O2/c1-25(2)17-33(20-5-4-19(15-30)22(14-20)26(27,28)29)24(35)34(25)12-3-13-36-21-6-7-23(32-16-21)18-8-10-31-11-9-18/h4-11,14,16,24,35H,3,12-13,17H2,1-2H3. The second-order valence-corrected chi connectivity index (χ2v) is 9.14. The van der Waals surface area contributed by atoms with Crippen LogP contribution in [0.1, 0.15) is 31.4 Å². The van der Waals surface area contributed by atoms with Crippen molar-refractivity contribution in [2.24, 2.45) is 0 Å². The number of alkyl halides is 3. The summed E-state index contributed by atoms with van der Waals surface area (Å²) in [5.41, 5.74) is 0.0130. The second-order valence-electron chi connectivity index (χ2n) is 9.14. The van der Waals surface area contributed by atoms with Crippen molar-refractivity contribution in [3.05, 3.63) is 72.2 Å². The number of aliphatic hydroxyl groups excluding tert-OH is 1. The third kappa shape index (κ3) is 5.42. The molecule has 1 unspecified atom stereocenters. The molecule has 10 heteroatoms. The highest BCUT2D eigenvalue weighted by molar-refractivity contribution is 5.58. The van der Waals surface area contributed by atoms with E-state index in [0.29, 0.717) is 31.9 Å². The molecule has 0 bridgehead atoms. The van der Waals surface area contributed by atoms with Gasteiger partial charge in [-0.25, -0.2) is 0 Å². The van der Waals surface area contributed by atoms with Crippen molar-refractivity contribution >= 4 is 5.69 Å². The number of halogens is 3. The number of benzene rings is 1. The van der Waals surface area contributed by atoms with Gasteiger partial charge < -0.3 is 14.7 Å². The summed E-state index contributed by atoms with van der Waals surface area (Å²) in [6, 6.07) is 12.5. The molecule has 188 valence electrons. The first-order chi connectivity index (χ1) is 17.1. The minimum Gasteiger partial charge on any atom is -0.492 e. The Labute approximate surface area is 207 Å². The van der Waals surface area contributed by atoms with Gasteiger partial charge in [-0.3, -0.25) is 14.9 Å². The summed E-state index contributed by atoms with van der Waals surface area (Å²) in [4.78, 5) is 11.7. The lowest BCUT2D eigenvalue weighted by atomic mass is 10.0. The number of pyridine rings is 2. The second kappa shape index (κ2) is 10.1. The number of anilines is 1. The molecular weight excluding hydrogens is 471 g/mol. The zero-order chi connectivity index (χ0) is 25.9. The Morgan fingerprint density at radius 1 is 1.17 bits per heavy atom. The van der Waals surface area contributed by atoms with Crippen LogP contribution in [0.2, 0.25) is 0 Å². The van der Waals surface area contributed by atoms with Gasteiger partial charge in [0.25, 0.3) is 0 Å². The number of aromatic nitrogens is 2. The van der Waals surface area contributed by atoms with Crippen molar-refractivity contribution in [3.63, 3.8) is 0 Å². The Morgan fingerprint density at radius 3 is 2.56 bits per heavy atom. The minimum absolute atomic E-state index is 0.209. The van der Waals surface area contributed by atoms with Crippen molar-refractivity contribution < 1.29 is 23.0 Å². The summed E-state index contributed by atoms with van der Waals surface area (Å²) < 4.78 is 46.1. The van der Waals surface area contributed by atoms with E-state index in [9.17, 15) is 18.3 Å². The topological polar surface area (TPSA) is 85.5 Å². The molecule has 1 saturated heterocycles. The van der Waals surface area contributed by atoms with E-state index in [2.05, 4.69) is 9.97 Å². The van der Waals surface area contributed by atoms with E-state index in [0.717, 1.165) is 23.4 Å². The fraction of sp³-hybridized carbons (Fsp3) is 0.346. The zero-order valence-electron chi connectivity index (χ0n) is 19.9. The molecule has 0 radical (unpaired) electrons. The van der Waals surface area contributed by atoms with Gasteiger partial charge in [-0.2, -0.15) is 18.4 Å². The highest BCUT2D eigenvalue weighted by atomic mass is 19.4. The van der Waals surface area contributed by atoms with Crippen LogP contribution < -0.4 is 9.64 Å². The van der Waals surface area contributed by atoms with E-state index in [1.807, 2.05) is 43.0 Å². The Kier molecular flexibility index (Phi) is 7.15. The van der Waals surface area contributed by atoms with Crippen LogP contribution >= 0.6 is 0 Å². The molecule has 3 aromatic rings. The van der Waals surface area contributed by atoms with Gasteiger partial charge >= 0.3 is 6.18 Å². The third-order valence-corrected chi connectivity index (χ3v) is 6.18. The van der Waals surface area contributed by atoms with Crippen molar-refractivity contribution in [1.82, 2.24) is 14.9 Å². The summed E-state index contributed by atoms with van der Waals surface area (Å²) in [6.45, 7) is 5.01. The van der Waals surface area contributed by atoms with E-state index in [1.54, 1.807) is 24.7 Å². The van der Waals surface area contributed by atoms with E-state index < -0.39 is 29.2 Å². The molecule has 1 fully saturated rings. The number of nitrogens with zero attached hydrogens (tertiary/aromatic N) is 5. The van der Waals surface area contributed by atoms with Crippen LogP contribution in [0.5, 0.6) is 5.75 Å². The predicted octanol–water partition coefficient (Wildman–Crippen LogP) is 4.68.